The first-order valence-corrected chi connectivity index (χ1v) is 8.58. The van der Waals surface area contributed by atoms with Crippen molar-refractivity contribution in [3.05, 3.63) is 59.9 Å². The Morgan fingerprint density at radius 3 is 2.48 bits per heavy atom. The summed E-state index contributed by atoms with van der Waals surface area (Å²) in [7, 11) is -3.79. The zero-order chi connectivity index (χ0) is 16.9. The molecule has 0 radical (unpaired) electrons. The highest BCUT2D eigenvalue weighted by Gasteiger charge is 2.16. The Balaban J connectivity index is 2.26. The Morgan fingerprint density at radius 1 is 1.13 bits per heavy atom. The molecule has 0 saturated carbocycles. The van der Waals surface area contributed by atoms with Gasteiger partial charge in [-0.2, -0.15) is 0 Å². The number of hydrogen-bond acceptors (Lipinski definition) is 3. The second kappa shape index (κ2) is 7.23. The van der Waals surface area contributed by atoms with Crippen molar-refractivity contribution >= 4 is 21.6 Å². The molecule has 0 unspecified atom stereocenters. The van der Waals surface area contributed by atoms with Crippen molar-refractivity contribution in [1.29, 1.82) is 0 Å². The van der Waals surface area contributed by atoms with Gasteiger partial charge in [-0.15, -0.1) is 0 Å². The molecule has 0 spiro atoms. The van der Waals surface area contributed by atoms with Crippen LogP contribution in [0, 0.1) is 5.82 Å². The van der Waals surface area contributed by atoms with Gasteiger partial charge in [0.25, 0.3) is 15.9 Å². The summed E-state index contributed by atoms with van der Waals surface area (Å²) in [5.41, 5.74) is -0.0800. The monoisotopic (exact) mass is 336 g/mol. The lowest BCUT2D eigenvalue weighted by molar-refractivity contribution is 0.0949. The minimum atomic E-state index is -3.79. The Morgan fingerprint density at radius 2 is 1.83 bits per heavy atom. The summed E-state index contributed by atoms with van der Waals surface area (Å²) in [4.78, 5) is 12.0. The van der Waals surface area contributed by atoms with Gasteiger partial charge in [0.1, 0.15) is 5.82 Å². The van der Waals surface area contributed by atoms with Crippen LogP contribution in [-0.2, 0) is 10.0 Å². The summed E-state index contributed by atoms with van der Waals surface area (Å²) in [6.45, 7) is 2.29. The number of amides is 1. The number of nitrogens with one attached hydrogen (secondary N) is 2. The maximum atomic E-state index is 13.8. The molecule has 0 aliphatic rings. The van der Waals surface area contributed by atoms with Crippen molar-refractivity contribution in [1.82, 2.24) is 5.32 Å². The largest absolute Gasteiger partial charge is 0.352 e. The lowest BCUT2D eigenvalue weighted by Gasteiger charge is -2.10. The smallest absolute Gasteiger partial charge is 0.261 e. The molecule has 0 atom stereocenters. The number of benzene rings is 2. The van der Waals surface area contributed by atoms with Gasteiger partial charge in [0.05, 0.1) is 10.5 Å². The molecular formula is C16H17FN2O3S. The topological polar surface area (TPSA) is 75.3 Å². The normalized spacial score (nSPS) is 11.0. The van der Waals surface area contributed by atoms with Crippen LogP contribution in [0.25, 0.3) is 0 Å². The standard InChI is InChI=1S/C16H17FN2O3S/c1-2-10-18-16(20)14-11-12(8-9-15(14)17)19-23(21,22)13-6-4-3-5-7-13/h3-9,11,19H,2,10H2,1H3,(H,18,20). The average molecular weight is 336 g/mol. The van der Waals surface area contributed by atoms with Crippen LogP contribution in [0.1, 0.15) is 23.7 Å². The fourth-order valence-corrected chi connectivity index (χ4v) is 2.98. The second-order valence-electron chi connectivity index (χ2n) is 4.87. The van der Waals surface area contributed by atoms with Gasteiger partial charge in [0, 0.05) is 12.2 Å². The number of carbonyl (C=O) groups is 1. The van der Waals surface area contributed by atoms with E-state index in [4.69, 9.17) is 0 Å². The van der Waals surface area contributed by atoms with Crippen LogP contribution in [0.15, 0.2) is 53.4 Å². The minimum absolute atomic E-state index is 0.0845. The van der Waals surface area contributed by atoms with Gasteiger partial charge in [-0.1, -0.05) is 25.1 Å². The summed E-state index contributed by atoms with van der Waals surface area (Å²) in [5.74, 6) is -1.29. The van der Waals surface area contributed by atoms with Crippen molar-refractivity contribution in [2.75, 3.05) is 11.3 Å². The molecule has 0 bridgehead atoms. The number of hydrogen-bond donors (Lipinski definition) is 2. The molecule has 5 nitrogen and oxygen atoms in total. The molecule has 2 N–H and O–H groups in total. The van der Waals surface area contributed by atoms with E-state index in [2.05, 4.69) is 10.0 Å². The Kier molecular flexibility index (Phi) is 5.33. The number of carbonyl (C=O) groups excluding carboxylic acids is 1. The van der Waals surface area contributed by atoms with Crippen LogP contribution in [0.2, 0.25) is 0 Å². The second-order valence-corrected chi connectivity index (χ2v) is 6.55. The third kappa shape index (κ3) is 4.29. The van der Waals surface area contributed by atoms with Gasteiger partial charge >= 0.3 is 0 Å². The molecular weight excluding hydrogens is 319 g/mol. The van der Waals surface area contributed by atoms with Gasteiger partial charge in [-0.3, -0.25) is 9.52 Å². The predicted octanol–water partition coefficient (Wildman–Crippen LogP) is 2.77. The van der Waals surface area contributed by atoms with E-state index in [1.807, 2.05) is 6.92 Å². The van der Waals surface area contributed by atoms with Crippen LogP contribution in [-0.4, -0.2) is 20.9 Å². The summed E-state index contributed by atoms with van der Waals surface area (Å²) in [6, 6.07) is 11.3. The molecule has 0 fully saturated rings. The molecule has 2 rings (SSSR count). The molecule has 0 heterocycles. The first-order valence-electron chi connectivity index (χ1n) is 7.09. The number of sulfonamides is 1. The summed E-state index contributed by atoms with van der Waals surface area (Å²) in [5, 5.41) is 2.56. The highest BCUT2D eigenvalue weighted by atomic mass is 32.2. The van der Waals surface area contributed by atoms with Crippen molar-refractivity contribution in [2.24, 2.45) is 0 Å². The molecule has 0 aliphatic carbocycles. The SMILES string of the molecule is CCCNC(=O)c1cc(NS(=O)(=O)c2ccccc2)ccc1F. The predicted molar refractivity (Wildman–Crippen MR) is 86.3 cm³/mol. The first-order chi connectivity index (χ1) is 10.9. The molecule has 122 valence electrons. The zero-order valence-corrected chi connectivity index (χ0v) is 13.4. The van der Waals surface area contributed by atoms with E-state index < -0.39 is 21.7 Å². The summed E-state index contributed by atoms with van der Waals surface area (Å²) in [6.07, 6.45) is 0.716. The summed E-state index contributed by atoms with van der Waals surface area (Å²) < 4.78 is 40.6. The third-order valence-corrected chi connectivity index (χ3v) is 4.45. The van der Waals surface area contributed by atoms with Crippen LogP contribution in [0.4, 0.5) is 10.1 Å². The number of anilines is 1. The van der Waals surface area contributed by atoms with Crippen molar-refractivity contribution in [3.63, 3.8) is 0 Å². The van der Waals surface area contributed by atoms with Crippen molar-refractivity contribution in [2.45, 2.75) is 18.2 Å². The van der Waals surface area contributed by atoms with Gasteiger partial charge in [0.15, 0.2) is 0 Å². The lowest BCUT2D eigenvalue weighted by Crippen LogP contribution is -2.25. The minimum Gasteiger partial charge on any atom is -0.352 e. The quantitative estimate of drug-likeness (QED) is 0.852. The number of rotatable bonds is 6. The fraction of sp³-hybridized carbons (Fsp3) is 0.188. The average Bonchev–Trinajstić information content (AvgIpc) is 2.55. The molecule has 2 aromatic carbocycles. The van der Waals surface area contributed by atoms with Crippen LogP contribution < -0.4 is 10.0 Å². The highest BCUT2D eigenvalue weighted by molar-refractivity contribution is 7.92. The summed E-state index contributed by atoms with van der Waals surface area (Å²) >= 11 is 0. The van der Waals surface area contributed by atoms with Crippen molar-refractivity contribution < 1.29 is 17.6 Å². The van der Waals surface area contributed by atoms with E-state index in [0.717, 1.165) is 6.07 Å². The third-order valence-electron chi connectivity index (χ3n) is 3.05. The van der Waals surface area contributed by atoms with Crippen molar-refractivity contribution in [3.8, 4) is 0 Å². The Hall–Kier alpha value is -2.41. The molecule has 0 aromatic heterocycles. The van der Waals surface area contributed by atoms with E-state index in [0.29, 0.717) is 13.0 Å². The Labute approximate surface area is 134 Å². The van der Waals surface area contributed by atoms with Gasteiger partial charge < -0.3 is 5.32 Å². The molecule has 0 saturated heterocycles. The maximum Gasteiger partial charge on any atom is 0.261 e. The molecule has 7 heteroatoms. The Bertz CT molecular complexity index is 792. The van der Waals surface area contributed by atoms with E-state index in [1.54, 1.807) is 18.2 Å². The molecule has 0 aliphatic heterocycles. The van der Waals surface area contributed by atoms with E-state index in [9.17, 15) is 17.6 Å². The van der Waals surface area contributed by atoms with Crippen LogP contribution >= 0.6 is 0 Å². The van der Waals surface area contributed by atoms with Gasteiger partial charge in [-0.05, 0) is 36.8 Å². The molecule has 1 amide bonds. The fourth-order valence-electron chi connectivity index (χ4n) is 1.91. The highest BCUT2D eigenvalue weighted by Crippen LogP contribution is 2.19. The number of halogens is 1. The zero-order valence-electron chi connectivity index (χ0n) is 12.5. The van der Waals surface area contributed by atoms with Crippen LogP contribution in [0.3, 0.4) is 0 Å². The first kappa shape index (κ1) is 17.0. The van der Waals surface area contributed by atoms with E-state index in [1.165, 1.54) is 24.3 Å². The van der Waals surface area contributed by atoms with E-state index in [-0.39, 0.29) is 16.1 Å². The van der Waals surface area contributed by atoms with Crippen LogP contribution in [0.5, 0.6) is 0 Å². The van der Waals surface area contributed by atoms with Gasteiger partial charge in [0.2, 0.25) is 0 Å². The molecule has 2 aromatic rings. The van der Waals surface area contributed by atoms with E-state index >= 15 is 0 Å². The molecule has 23 heavy (non-hydrogen) atoms. The lowest BCUT2D eigenvalue weighted by atomic mass is 10.1. The van der Waals surface area contributed by atoms with Gasteiger partial charge in [-0.25, -0.2) is 12.8 Å². The maximum absolute atomic E-state index is 13.8.